The molecule has 2 fully saturated rings. The molecular formula is C14H27NS. The topological polar surface area (TPSA) is 26.0 Å². The van der Waals surface area contributed by atoms with Gasteiger partial charge in [-0.15, -0.1) is 0 Å². The fourth-order valence-corrected chi connectivity index (χ4v) is 5.09. The highest BCUT2D eigenvalue weighted by molar-refractivity contribution is 8.01. The molecule has 0 saturated heterocycles. The molecule has 0 radical (unpaired) electrons. The minimum Gasteiger partial charge on any atom is -0.329 e. The van der Waals surface area contributed by atoms with Crippen molar-refractivity contribution in [3.8, 4) is 0 Å². The predicted octanol–water partition coefficient (Wildman–Crippen LogP) is 3.82. The van der Waals surface area contributed by atoms with Gasteiger partial charge in [-0.25, -0.2) is 0 Å². The molecule has 0 heterocycles. The third-order valence-electron chi connectivity index (χ3n) is 4.55. The highest BCUT2D eigenvalue weighted by atomic mass is 32.2. The van der Waals surface area contributed by atoms with Crippen LogP contribution in [-0.2, 0) is 0 Å². The van der Waals surface area contributed by atoms with E-state index in [0.29, 0.717) is 10.2 Å². The average molecular weight is 241 g/mol. The summed E-state index contributed by atoms with van der Waals surface area (Å²) in [6.07, 6.45) is 8.48. The van der Waals surface area contributed by atoms with Crippen molar-refractivity contribution < 1.29 is 0 Å². The van der Waals surface area contributed by atoms with E-state index >= 15 is 0 Å². The van der Waals surface area contributed by atoms with E-state index in [1.165, 1.54) is 38.5 Å². The van der Waals surface area contributed by atoms with E-state index in [1.807, 2.05) is 0 Å². The Kier molecular flexibility index (Phi) is 3.61. The molecule has 2 rings (SSSR count). The second kappa shape index (κ2) is 4.53. The molecule has 2 saturated carbocycles. The average Bonchev–Trinajstić information content (AvgIpc) is 2.60. The van der Waals surface area contributed by atoms with Crippen molar-refractivity contribution in [3.63, 3.8) is 0 Å². The van der Waals surface area contributed by atoms with E-state index in [0.717, 1.165) is 17.7 Å². The van der Waals surface area contributed by atoms with Crippen LogP contribution in [-0.4, -0.2) is 16.5 Å². The lowest BCUT2D eigenvalue weighted by Gasteiger charge is -2.53. The number of nitrogens with two attached hydrogens (primary N) is 1. The lowest BCUT2D eigenvalue weighted by molar-refractivity contribution is 0.101. The quantitative estimate of drug-likeness (QED) is 0.813. The molecule has 94 valence electrons. The number of hydrogen-bond acceptors (Lipinski definition) is 2. The van der Waals surface area contributed by atoms with Gasteiger partial charge in [0.05, 0.1) is 0 Å². The summed E-state index contributed by atoms with van der Waals surface area (Å²) in [7, 11) is 0. The van der Waals surface area contributed by atoms with Gasteiger partial charge in [0.25, 0.3) is 0 Å². The molecule has 0 unspecified atom stereocenters. The van der Waals surface area contributed by atoms with Crippen molar-refractivity contribution in [2.75, 3.05) is 6.54 Å². The summed E-state index contributed by atoms with van der Waals surface area (Å²) in [6, 6.07) is 0. The van der Waals surface area contributed by atoms with Gasteiger partial charge < -0.3 is 5.73 Å². The van der Waals surface area contributed by atoms with Gasteiger partial charge in [-0.05, 0) is 37.0 Å². The largest absolute Gasteiger partial charge is 0.329 e. The van der Waals surface area contributed by atoms with Crippen molar-refractivity contribution >= 4 is 11.8 Å². The van der Waals surface area contributed by atoms with E-state index in [1.54, 1.807) is 0 Å². The predicted molar refractivity (Wildman–Crippen MR) is 73.8 cm³/mol. The van der Waals surface area contributed by atoms with Crippen LogP contribution in [0.1, 0.15) is 59.3 Å². The molecule has 2 aliphatic rings. The summed E-state index contributed by atoms with van der Waals surface area (Å²) < 4.78 is 0.451. The Bertz CT molecular complexity index is 232. The molecule has 0 aliphatic heterocycles. The molecule has 0 aromatic rings. The zero-order valence-corrected chi connectivity index (χ0v) is 11.9. The van der Waals surface area contributed by atoms with Crippen LogP contribution in [0.15, 0.2) is 0 Å². The summed E-state index contributed by atoms with van der Waals surface area (Å²) in [5, 5.41) is 0.921. The molecule has 0 bridgehead atoms. The van der Waals surface area contributed by atoms with E-state index in [9.17, 15) is 0 Å². The highest BCUT2D eigenvalue weighted by Gasteiger charge is 2.49. The number of rotatable bonds is 3. The molecule has 0 aromatic heterocycles. The fraction of sp³-hybridized carbons (Fsp3) is 1.00. The molecule has 0 amide bonds. The minimum atomic E-state index is 0.451. The zero-order chi connectivity index (χ0) is 11.8. The van der Waals surface area contributed by atoms with E-state index in [2.05, 4.69) is 32.5 Å². The molecule has 1 nitrogen and oxygen atoms in total. The van der Waals surface area contributed by atoms with Crippen LogP contribution in [0.4, 0.5) is 0 Å². The van der Waals surface area contributed by atoms with Gasteiger partial charge in [0.1, 0.15) is 0 Å². The Morgan fingerprint density at radius 3 is 2.19 bits per heavy atom. The first-order chi connectivity index (χ1) is 7.45. The van der Waals surface area contributed by atoms with Crippen molar-refractivity contribution in [1.82, 2.24) is 0 Å². The Morgan fingerprint density at radius 1 is 1.19 bits per heavy atom. The van der Waals surface area contributed by atoms with E-state index < -0.39 is 0 Å². The maximum absolute atomic E-state index is 6.03. The molecule has 2 N–H and O–H groups in total. The highest BCUT2D eigenvalue weighted by Crippen LogP contribution is 2.56. The SMILES string of the molecule is CC(C)(C)C1CC(CN)(SC2CCCC2)C1. The first-order valence-corrected chi connectivity index (χ1v) is 7.71. The molecule has 0 spiro atoms. The fourth-order valence-electron chi connectivity index (χ4n) is 3.12. The van der Waals surface area contributed by atoms with Gasteiger partial charge in [0, 0.05) is 16.5 Å². The van der Waals surface area contributed by atoms with Gasteiger partial charge in [0.15, 0.2) is 0 Å². The van der Waals surface area contributed by atoms with Crippen molar-refractivity contribution in [1.29, 1.82) is 0 Å². The number of thioether (sulfide) groups is 1. The first-order valence-electron chi connectivity index (χ1n) is 6.83. The van der Waals surface area contributed by atoms with Crippen molar-refractivity contribution in [2.24, 2.45) is 17.1 Å². The maximum Gasteiger partial charge on any atom is 0.0290 e. The van der Waals surface area contributed by atoms with Gasteiger partial charge >= 0.3 is 0 Å². The third kappa shape index (κ3) is 2.59. The monoisotopic (exact) mass is 241 g/mol. The summed E-state index contributed by atoms with van der Waals surface area (Å²) >= 11 is 2.24. The van der Waals surface area contributed by atoms with Crippen LogP contribution in [0.5, 0.6) is 0 Å². The normalized spacial score (nSPS) is 36.4. The summed E-state index contributed by atoms with van der Waals surface area (Å²) in [5.41, 5.74) is 6.51. The van der Waals surface area contributed by atoms with Crippen LogP contribution >= 0.6 is 11.8 Å². The van der Waals surface area contributed by atoms with Crippen LogP contribution < -0.4 is 5.73 Å². The standard InChI is InChI=1S/C14H27NS/c1-13(2,3)11-8-14(9-11,10-15)16-12-6-4-5-7-12/h11-12H,4-10,15H2,1-3H3. The first kappa shape index (κ1) is 12.8. The Labute approximate surface area is 105 Å². The van der Waals surface area contributed by atoms with Crippen LogP contribution in [0, 0.1) is 11.3 Å². The van der Waals surface area contributed by atoms with E-state index in [-0.39, 0.29) is 0 Å². The van der Waals surface area contributed by atoms with Gasteiger partial charge in [-0.3, -0.25) is 0 Å². The molecule has 2 heteroatoms. The van der Waals surface area contributed by atoms with Gasteiger partial charge in [0.2, 0.25) is 0 Å². The van der Waals surface area contributed by atoms with Crippen LogP contribution in [0.25, 0.3) is 0 Å². The zero-order valence-electron chi connectivity index (χ0n) is 11.1. The molecule has 0 aromatic carbocycles. The van der Waals surface area contributed by atoms with E-state index in [4.69, 9.17) is 5.73 Å². The smallest absolute Gasteiger partial charge is 0.0290 e. The Hall–Kier alpha value is 0.310. The summed E-state index contributed by atoms with van der Waals surface area (Å²) in [6.45, 7) is 8.01. The second-order valence-electron chi connectivity index (χ2n) is 6.88. The molecule has 16 heavy (non-hydrogen) atoms. The van der Waals surface area contributed by atoms with Crippen molar-refractivity contribution in [3.05, 3.63) is 0 Å². The van der Waals surface area contributed by atoms with Crippen molar-refractivity contribution in [2.45, 2.75) is 69.3 Å². The minimum absolute atomic E-state index is 0.451. The van der Waals surface area contributed by atoms with Crippen LogP contribution in [0.3, 0.4) is 0 Å². The van der Waals surface area contributed by atoms with Crippen LogP contribution in [0.2, 0.25) is 0 Å². The van der Waals surface area contributed by atoms with Gasteiger partial charge in [-0.1, -0.05) is 33.6 Å². The molecule has 2 aliphatic carbocycles. The lowest BCUT2D eigenvalue weighted by Crippen LogP contribution is -2.51. The maximum atomic E-state index is 6.03. The molecule has 0 atom stereocenters. The molecular weight excluding hydrogens is 214 g/mol. The third-order valence-corrected chi connectivity index (χ3v) is 6.36. The lowest BCUT2D eigenvalue weighted by atomic mass is 9.62. The second-order valence-corrected chi connectivity index (χ2v) is 8.65. The Balaban J connectivity index is 1.87. The summed E-state index contributed by atoms with van der Waals surface area (Å²) in [4.78, 5) is 0. The number of hydrogen-bond donors (Lipinski definition) is 1. The van der Waals surface area contributed by atoms with Gasteiger partial charge in [-0.2, -0.15) is 11.8 Å². The summed E-state index contributed by atoms with van der Waals surface area (Å²) in [5.74, 6) is 0.893. The Morgan fingerprint density at radius 2 is 1.75 bits per heavy atom.